The molecule has 0 bridgehead atoms. The van der Waals surface area contributed by atoms with Crippen LogP contribution in [0.3, 0.4) is 0 Å². The number of carbonyl (C=O) groups excluding carboxylic acids is 1. The van der Waals surface area contributed by atoms with Gasteiger partial charge in [0.1, 0.15) is 11.0 Å². The minimum atomic E-state index is -4.25. The van der Waals surface area contributed by atoms with Crippen molar-refractivity contribution in [2.45, 2.75) is 108 Å². The lowest BCUT2D eigenvalue weighted by molar-refractivity contribution is -0.152. The summed E-state index contributed by atoms with van der Waals surface area (Å²) in [5, 5.41) is 6.92. The summed E-state index contributed by atoms with van der Waals surface area (Å²) in [4.78, 5) is 20.8. The third-order valence-corrected chi connectivity index (χ3v) is 10.2. The number of nitrogens with one attached hydrogen (secondary N) is 1. The van der Waals surface area contributed by atoms with Gasteiger partial charge in [-0.3, -0.25) is 4.79 Å². The van der Waals surface area contributed by atoms with Gasteiger partial charge in [-0.2, -0.15) is 31.4 Å². The second kappa shape index (κ2) is 13.4. The van der Waals surface area contributed by atoms with Crippen molar-refractivity contribution in [3.63, 3.8) is 0 Å². The van der Waals surface area contributed by atoms with Crippen molar-refractivity contribution in [3.8, 4) is 0 Å². The number of alkyl halides is 5. The Bertz CT molecular complexity index is 1360. The number of anilines is 1. The molecule has 2 aliphatic rings. The van der Waals surface area contributed by atoms with E-state index in [-0.39, 0.29) is 60.3 Å². The van der Waals surface area contributed by atoms with Crippen LogP contribution in [0.25, 0.3) is 0 Å². The number of hydrogen-bond acceptors (Lipinski definition) is 8. The van der Waals surface area contributed by atoms with Crippen LogP contribution in [0.15, 0.2) is 17.3 Å². The van der Waals surface area contributed by atoms with E-state index in [0.29, 0.717) is 36.3 Å². The molecular formula is C27H37F5N6O4S. The van der Waals surface area contributed by atoms with E-state index in [4.69, 9.17) is 4.74 Å². The van der Waals surface area contributed by atoms with Gasteiger partial charge in [0.25, 0.3) is 0 Å². The summed E-state index contributed by atoms with van der Waals surface area (Å²) in [5.74, 6) is -0.647. The number of rotatable bonds is 11. The number of nitrogens with zero attached hydrogens (tertiary/aromatic N) is 5. The number of halogens is 5. The molecule has 1 N–H and O–H groups in total. The summed E-state index contributed by atoms with van der Waals surface area (Å²) in [6.45, 7) is 1.65. The van der Waals surface area contributed by atoms with Gasteiger partial charge in [-0.1, -0.05) is 6.92 Å². The lowest BCUT2D eigenvalue weighted by atomic mass is 10.0. The first-order valence-electron chi connectivity index (χ1n) is 14.3. The fraction of sp³-hybridized carbons (Fsp3) is 0.704. The van der Waals surface area contributed by atoms with E-state index in [1.807, 2.05) is 0 Å². The van der Waals surface area contributed by atoms with E-state index in [2.05, 4.69) is 20.4 Å². The standard InChI is InChI=1S/C27H37F5N6O4S/c1-16(13-27(30,31)32)4-7-23(39)42-22-6-5-19(12-22)20-14-33-26(34-15-20)35-21-8-10-37(11-9-21)43(40,41)24-17(2)36-38(18(24)3)25(28)29/h14-16,19,21-22,25H,4-13H2,1-3H3,(H,33,34,35)/t16-,19-,22+/m1/s1. The van der Waals surface area contributed by atoms with Crippen LogP contribution in [0.2, 0.25) is 0 Å². The fourth-order valence-electron chi connectivity index (χ4n) is 5.84. The Kier molecular flexibility index (Phi) is 10.3. The summed E-state index contributed by atoms with van der Waals surface area (Å²) >= 11 is 0. The number of aryl methyl sites for hydroxylation is 1. The highest BCUT2D eigenvalue weighted by atomic mass is 32.2. The third-order valence-electron chi connectivity index (χ3n) is 8.08. The first-order valence-corrected chi connectivity index (χ1v) is 15.8. The number of aromatic nitrogens is 4. The van der Waals surface area contributed by atoms with Gasteiger partial charge in [0.2, 0.25) is 16.0 Å². The molecule has 2 fully saturated rings. The topological polar surface area (TPSA) is 119 Å². The maximum atomic E-state index is 13.2. The molecule has 3 heterocycles. The maximum Gasteiger partial charge on any atom is 0.389 e. The van der Waals surface area contributed by atoms with Crippen LogP contribution in [0.5, 0.6) is 0 Å². The molecule has 1 aliphatic carbocycles. The van der Waals surface area contributed by atoms with Gasteiger partial charge in [0.15, 0.2) is 0 Å². The zero-order valence-corrected chi connectivity index (χ0v) is 25.1. The summed E-state index contributed by atoms with van der Waals surface area (Å²) in [7, 11) is -3.99. The fourth-order valence-corrected chi connectivity index (χ4v) is 7.67. The van der Waals surface area contributed by atoms with Gasteiger partial charge in [0, 0.05) is 44.4 Å². The Morgan fingerprint density at radius 2 is 1.77 bits per heavy atom. The normalized spacial score (nSPS) is 21.3. The molecule has 4 rings (SSSR count). The third kappa shape index (κ3) is 8.40. The highest BCUT2D eigenvalue weighted by Crippen LogP contribution is 2.36. The smallest absolute Gasteiger partial charge is 0.389 e. The van der Waals surface area contributed by atoms with Gasteiger partial charge >= 0.3 is 18.7 Å². The number of esters is 1. The van der Waals surface area contributed by atoms with Crippen molar-refractivity contribution in [3.05, 3.63) is 29.3 Å². The molecule has 3 atom stereocenters. The van der Waals surface area contributed by atoms with E-state index in [0.717, 1.165) is 12.0 Å². The lowest BCUT2D eigenvalue weighted by Gasteiger charge is -2.31. The second-order valence-corrected chi connectivity index (χ2v) is 13.3. The Balaban J connectivity index is 1.23. The molecular weight excluding hydrogens is 599 g/mol. The van der Waals surface area contributed by atoms with Gasteiger partial charge in [-0.05, 0) is 69.8 Å². The number of hydrogen-bond donors (Lipinski definition) is 1. The molecule has 0 unspecified atom stereocenters. The van der Waals surface area contributed by atoms with Crippen LogP contribution >= 0.6 is 0 Å². The van der Waals surface area contributed by atoms with Crippen molar-refractivity contribution in [2.75, 3.05) is 18.4 Å². The first kappa shape index (κ1) is 33.0. The molecule has 2 aromatic rings. The monoisotopic (exact) mass is 636 g/mol. The van der Waals surface area contributed by atoms with Crippen LogP contribution in [-0.2, 0) is 19.6 Å². The van der Waals surface area contributed by atoms with Gasteiger partial charge < -0.3 is 10.1 Å². The Labute approximate surface area is 247 Å². The van der Waals surface area contributed by atoms with Gasteiger partial charge in [-0.15, -0.1) is 0 Å². The van der Waals surface area contributed by atoms with Crippen LogP contribution < -0.4 is 5.32 Å². The van der Waals surface area contributed by atoms with Crippen molar-refractivity contribution in [2.24, 2.45) is 5.92 Å². The number of sulfonamides is 1. The number of piperidine rings is 1. The molecule has 240 valence electrons. The van der Waals surface area contributed by atoms with Crippen LogP contribution in [0, 0.1) is 19.8 Å². The van der Waals surface area contributed by atoms with Crippen LogP contribution in [0.1, 0.15) is 87.7 Å². The van der Waals surface area contributed by atoms with Gasteiger partial charge in [-0.25, -0.2) is 23.1 Å². The molecule has 0 radical (unpaired) electrons. The van der Waals surface area contributed by atoms with E-state index in [9.17, 15) is 35.2 Å². The lowest BCUT2D eigenvalue weighted by Crippen LogP contribution is -2.42. The quantitative estimate of drug-likeness (QED) is 0.254. The van der Waals surface area contributed by atoms with Crippen molar-refractivity contribution in [1.82, 2.24) is 24.1 Å². The zero-order valence-electron chi connectivity index (χ0n) is 24.3. The Hall–Kier alpha value is -2.88. The first-order chi connectivity index (χ1) is 20.1. The molecule has 0 aromatic carbocycles. The molecule has 10 nitrogen and oxygen atoms in total. The number of carbonyl (C=O) groups is 1. The maximum absolute atomic E-state index is 13.2. The highest BCUT2D eigenvalue weighted by Gasteiger charge is 2.35. The Morgan fingerprint density at radius 1 is 1.12 bits per heavy atom. The SMILES string of the molecule is Cc1nn(C(F)F)c(C)c1S(=O)(=O)N1CCC(Nc2ncc([C@@H]3CC[C@H](OC(=O)CC[C@@H](C)CC(F)(F)F)C3)cn2)CC1. The van der Waals surface area contributed by atoms with Crippen molar-refractivity contribution in [1.29, 1.82) is 0 Å². The Morgan fingerprint density at radius 3 is 2.35 bits per heavy atom. The molecule has 1 saturated heterocycles. The molecule has 0 amide bonds. The van der Waals surface area contributed by atoms with E-state index < -0.39 is 41.1 Å². The van der Waals surface area contributed by atoms with Crippen LogP contribution in [-0.4, -0.2) is 69.9 Å². The summed E-state index contributed by atoms with van der Waals surface area (Å²) in [6.07, 6.45) is 0.953. The van der Waals surface area contributed by atoms with Crippen LogP contribution in [0.4, 0.5) is 27.9 Å². The average Bonchev–Trinajstić information content (AvgIpc) is 3.51. The van der Waals surface area contributed by atoms with Crippen molar-refractivity contribution >= 4 is 21.9 Å². The van der Waals surface area contributed by atoms with E-state index in [1.54, 1.807) is 12.4 Å². The molecule has 16 heteroatoms. The predicted octanol–water partition coefficient (Wildman–Crippen LogP) is 5.50. The summed E-state index contributed by atoms with van der Waals surface area (Å²) in [6, 6.07) is -0.0857. The number of ether oxygens (including phenoxy) is 1. The minimum Gasteiger partial charge on any atom is -0.462 e. The van der Waals surface area contributed by atoms with Gasteiger partial charge in [0.05, 0.1) is 11.4 Å². The summed E-state index contributed by atoms with van der Waals surface area (Å²) < 4.78 is 97.4. The summed E-state index contributed by atoms with van der Waals surface area (Å²) in [5.41, 5.74) is 0.828. The van der Waals surface area contributed by atoms with E-state index in [1.165, 1.54) is 25.1 Å². The van der Waals surface area contributed by atoms with Crippen molar-refractivity contribution < 1.29 is 39.9 Å². The molecule has 2 aromatic heterocycles. The largest absolute Gasteiger partial charge is 0.462 e. The predicted molar refractivity (Wildman–Crippen MR) is 146 cm³/mol. The molecule has 43 heavy (non-hydrogen) atoms. The highest BCUT2D eigenvalue weighted by molar-refractivity contribution is 7.89. The minimum absolute atomic E-state index is 0.0350. The molecule has 1 saturated carbocycles. The second-order valence-electron chi connectivity index (χ2n) is 11.5. The average molecular weight is 637 g/mol. The zero-order chi connectivity index (χ0) is 31.5. The molecule has 1 aliphatic heterocycles. The molecule has 0 spiro atoms. The van der Waals surface area contributed by atoms with E-state index >= 15 is 0 Å².